The van der Waals surface area contributed by atoms with Gasteiger partial charge in [0.25, 0.3) is 0 Å². The summed E-state index contributed by atoms with van der Waals surface area (Å²) in [4.78, 5) is 0. The molecule has 3 nitrogen and oxygen atoms in total. The van der Waals surface area contributed by atoms with E-state index in [9.17, 15) is 0 Å². The van der Waals surface area contributed by atoms with E-state index in [0.29, 0.717) is 19.8 Å². The van der Waals surface area contributed by atoms with Crippen molar-refractivity contribution in [3.63, 3.8) is 0 Å². The van der Waals surface area contributed by atoms with Gasteiger partial charge in [0.05, 0.1) is 8.95 Å². The highest BCUT2D eigenvalue weighted by molar-refractivity contribution is 9.11. The Morgan fingerprint density at radius 1 is 0.905 bits per heavy atom. The Balaban J connectivity index is 1.88. The number of hydrogen-bond acceptors (Lipinski definition) is 3. The third kappa shape index (κ3) is 5.02. The van der Waals surface area contributed by atoms with Gasteiger partial charge in [-0.15, -0.1) is 0 Å². The first-order valence-electron chi connectivity index (χ1n) is 6.69. The lowest BCUT2D eigenvalue weighted by Gasteiger charge is -2.12. The molecule has 2 rings (SSSR count). The van der Waals surface area contributed by atoms with Gasteiger partial charge in [-0.25, -0.2) is 0 Å². The van der Waals surface area contributed by atoms with Crippen LogP contribution in [-0.2, 0) is 6.42 Å². The first kappa shape index (κ1) is 16.3. The third-order valence-electron chi connectivity index (χ3n) is 2.83. The van der Waals surface area contributed by atoms with Crippen molar-refractivity contribution in [2.24, 2.45) is 5.73 Å². The van der Waals surface area contributed by atoms with Gasteiger partial charge in [0.1, 0.15) is 24.7 Å². The molecule has 0 bridgehead atoms. The van der Waals surface area contributed by atoms with Gasteiger partial charge in [0.2, 0.25) is 0 Å². The minimum Gasteiger partial charge on any atom is -0.490 e. The standard InChI is InChI=1S/C16H17Br2NO2/c17-14-10-12(6-7-19)11-15(18)16(14)21-9-8-20-13-4-2-1-3-5-13/h1-5,10-11H,6-9,19H2. The maximum Gasteiger partial charge on any atom is 0.147 e. The van der Waals surface area contributed by atoms with Crippen molar-refractivity contribution in [3.8, 4) is 11.5 Å². The lowest BCUT2D eigenvalue weighted by molar-refractivity contribution is 0.215. The monoisotopic (exact) mass is 413 g/mol. The lowest BCUT2D eigenvalue weighted by Crippen LogP contribution is -2.10. The molecule has 5 heteroatoms. The fourth-order valence-corrected chi connectivity index (χ4v) is 3.39. The van der Waals surface area contributed by atoms with Crippen molar-refractivity contribution >= 4 is 31.9 Å². The number of halogens is 2. The quantitative estimate of drug-likeness (QED) is 0.691. The van der Waals surface area contributed by atoms with E-state index in [0.717, 1.165) is 26.9 Å². The molecule has 2 aromatic carbocycles. The summed E-state index contributed by atoms with van der Waals surface area (Å²) in [7, 11) is 0. The van der Waals surface area contributed by atoms with E-state index >= 15 is 0 Å². The van der Waals surface area contributed by atoms with Gasteiger partial charge in [-0.2, -0.15) is 0 Å². The maximum absolute atomic E-state index is 5.77. The van der Waals surface area contributed by atoms with Crippen molar-refractivity contribution in [2.45, 2.75) is 6.42 Å². The number of rotatable bonds is 7. The van der Waals surface area contributed by atoms with Crippen LogP contribution >= 0.6 is 31.9 Å². The Kier molecular flexibility index (Phi) is 6.54. The molecule has 0 radical (unpaired) electrons. The van der Waals surface area contributed by atoms with Crippen molar-refractivity contribution in [1.29, 1.82) is 0 Å². The van der Waals surface area contributed by atoms with Crippen LogP contribution in [0.2, 0.25) is 0 Å². The van der Waals surface area contributed by atoms with Gasteiger partial charge in [-0.05, 0) is 74.7 Å². The van der Waals surface area contributed by atoms with Crippen molar-refractivity contribution in [1.82, 2.24) is 0 Å². The van der Waals surface area contributed by atoms with Crippen molar-refractivity contribution < 1.29 is 9.47 Å². The van der Waals surface area contributed by atoms with Gasteiger partial charge in [-0.1, -0.05) is 18.2 Å². The number of benzene rings is 2. The minimum absolute atomic E-state index is 0.475. The molecular formula is C16H17Br2NO2. The average Bonchev–Trinajstić information content (AvgIpc) is 2.47. The van der Waals surface area contributed by atoms with Gasteiger partial charge in [-0.3, -0.25) is 0 Å². The Morgan fingerprint density at radius 2 is 1.52 bits per heavy atom. The van der Waals surface area contributed by atoms with Crippen LogP contribution in [0.4, 0.5) is 0 Å². The Hall–Kier alpha value is -1.04. The summed E-state index contributed by atoms with van der Waals surface area (Å²) in [6.07, 6.45) is 0.842. The van der Waals surface area contributed by atoms with E-state index in [1.54, 1.807) is 0 Å². The molecule has 0 aliphatic carbocycles. The lowest BCUT2D eigenvalue weighted by atomic mass is 10.1. The van der Waals surface area contributed by atoms with E-state index in [1.165, 1.54) is 5.56 Å². The van der Waals surface area contributed by atoms with E-state index in [-0.39, 0.29) is 0 Å². The second-order valence-corrected chi connectivity index (χ2v) is 6.15. The number of nitrogens with two attached hydrogens (primary N) is 1. The highest BCUT2D eigenvalue weighted by Gasteiger charge is 2.09. The zero-order valence-corrected chi connectivity index (χ0v) is 14.7. The van der Waals surface area contributed by atoms with Crippen LogP contribution in [0.5, 0.6) is 11.5 Å². The molecule has 0 aliphatic rings. The summed E-state index contributed by atoms with van der Waals surface area (Å²) in [6, 6.07) is 13.8. The first-order chi connectivity index (χ1) is 10.2. The number of hydrogen-bond donors (Lipinski definition) is 1. The van der Waals surface area contributed by atoms with E-state index in [2.05, 4.69) is 31.9 Å². The van der Waals surface area contributed by atoms with Crippen molar-refractivity contribution in [3.05, 3.63) is 57.0 Å². The highest BCUT2D eigenvalue weighted by Crippen LogP contribution is 2.34. The third-order valence-corrected chi connectivity index (χ3v) is 4.01. The Labute approximate surface area is 141 Å². The van der Waals surface area contributed by atoms with Crippen LogP contribution in [0.15, 0.2) is 51.4 Å². The van der Waals surface area contributed by atoms with Gasteiger partial charge in [0.15, 0.2) is 0 Å². The molecule has 0 unspecified atom stereocenters. The topological polar surface area (TPSA) is 44.5 Å². The molecule has 0 amide bonds. The normalized spacial score (nSPS) is 10.4. The Bertz CT molecular complexity index is 553. The largest absolute Gasteiger partial charge is 0.490 e. The van der Waals surface area contributed by atoms with Crippen LogP contribution in [0.1, 0.15) is 5.56 Å². The molecule has 0 heterocycles. The van der Waals surface area contributed by atoms with E-state index < -0.39 is 0 Å². The smallest absolute Gasteiger partial charge is 0.147 e. The van der Waals surface area contributed by atoms with Gasteiger partial charge < -0.3 is 15.2 Å². The predicted octanol–water partition coefficient (Wildman–Crippen LogP) is 4.17. The summed E-state index contributed by atoms with van der Waals surface area (Å²) in [5, 5.41) is 0. The molecule has 0 saturated carbocycles. The number of ether oxygens (including phenoxy) is 2. The van der Waals surface area contributed by atoms with Crippen LogP contribution in [0, 0.1) is 0 Å². The van der Waals surface area contributed by atoms with Gasteiger partial charge in [0, 0.05) is 0 Å². The summed E-state index contributed by atoms with van der Waals surface area (Å²) in [5.41, 5.74) is 6.74. The molecule has 0 saturated heterocycles. The van der Waals surface area contributed by atoms with Crippen LogP contribution in [0.3, 0.4) is 0 Å². The van der Waals surface area contributed by atoms with Gasteiger partial charge >= 0.3 is 0 Å². The summed E-state index contributed by atoms with van der Waals surface area (Å²) in [6.45, 7) is 1.60. The van der Waals surface area contributed by atoms with E-state index in [4.69, 9.17) is 15.2 Å². The molecule has 2 aromatic rings. The summed E-state index contributed by atoms with van der Waals surface area (Å²) in [5.74, 6) is 1.63. The maximum atomic E-state index is 5.77. The molecule has 0 fully saturated rings. The second-order valence-electron chi connectivity index (χ2n) is 4.44. The molecule has 0 spiro atoms. The molecule has 0 aromatic heterocycles. The summed E-state index contributed by atoms with van der Waals surface area (Å²) < 4.78 is 13.2. The molecule has 2 N–H and O–H groups in total. The number of para-hydroxylation sites is 1. The molecule has 0 aliphatic heterocycles. The van der Waals surface area contributed by atoms with Crippen LogP contribution in [-0.4, -0.2) is 19.8 Å². The molecule has 112 valence electrons. The SMILES string of the molecule is NCCc1cc(Br)c(OCCOc2ccccc2)c(Br)c1. The summed E-state index contributed by atoms with van der Waals surface area (Å²) >= 11 is 7.06. The fourth-order valence-electron chi connectivity index (χ4n) is 1.88. The second kappa shape index (κ2) is 8.41. The molecular weight excluding hydrogens is 398 g/mol. The zero-order chi connectivity index (χ0) is 15.1. The molecule has 21 heavy (non-hydrogen) atoms. The highest BCUT2D eigenvalue weighted by atomic mass is 79.9. The minimum atomic E-state index is 0.475. The predicted molar refractivity (Wildman–Crippen MR) is 92.0 cm³/mol. The zero-order valence-electron chi connectivity index (χ0n) is 11.5. The Morgan fingerprint density at radius 3 is 2.14 bits per heavy atom. The first-order valence-corrected chi connectivity index (χ1v) is 8.28. The van der Waals surface area contributed by atoms with E-state index in [1.807, 2.05) is 42.5 Å². The van der Waals surface area contributed by atoms with Crippen LogP contribution in [0.25, 0.3) is 0 Å². The van der Waals surface area contributed by atoms with Crippen LogP contribution < -0.4 is 15.2 Å². The molecule has 0 atom stereocenters. The average molecular weight is 415 g/mol. The van der Waals surface area contributed by atoms with Crippen molar-refractivity contribution in [2.75, 3.05) is 19.8 Å². The fraction of sp³-hybridized carbons (Fsp3) is 0.250.